The van der Waals surface area contributed by atoms with Gasteiger partial charge in [0.25, 0.3) is 5.56 Å². The van der Waals surface area contributed by atoms with Crippen LogP contribution < -0.4 is 11.2 Å². The molecule has 34 heavy (non-hydrogen) atoms. The molecule has 2 heterocycles. The number of hydrogen-bond donors (Lipinski definition) is 1. The zero-order chi connectivity index (χ0) is 24.8. The molecular formula is C24H35F3N4O3. The average molecular weight is 485 g/mol. The molecule has 2 aliphatic carbocycles. The van der Waals surface area contributed by atoms with E-state index < -0.39 is 35.9 Å². The van der Waals surface area contributed by atoms with Crippen LogP contribution >= 0.6 is 0 Å². The summed E-state index contributed by atoms with van der Waals surface area (Å²) < 4.78 is 43.7. The van der Waals surface area contributed by atoms with Gasteiger partial charge in [0, 0.05) is 20.1 Å². The lowest BCUT2D eigenvalue weighted by Gasteiger charge is -2.37. The predicted octanol–water partition coefficient (Wildman–Crippen LogP) is 3.84. The number of nitrogens with zero attached hydrogens (tertiary/aromatic N) is 4. The van der Waals surface area contributed by atoms with E-state index in [1.165, 1.54) is 23.8 Å². The average Bonchev–Trinajstić information content (AvgIpc) is 3.39. The van der Waals surface area contributed by atoms with E-state index in [0.29, 0.717) is 35.5 Å². The van der Waals surface area contributed by atoms with E-state index in [4.69, 9.17) is 0 Å². The Labute approximate surface area is 196 Å². The first-order valence-electron chi connectivity index (χ1n) is 12.4. The molecule has 2 aliphatic rings. The Morgan fingerprint density at radius 1 is 1.21 bits per heavy atom. The summed E-state index contributed by atoms with van der Waals surface area (Å²) in [6.45, 7) is 5.18. The molecule has 0 aliphatic heterocycles. The summed E-state index contributed by atoms with van der Waals surface area (Å²) in [6, 6.07) is 0. The third-order valence-electron chi connectivity index (χ3n) is 8.23. The fraction of sp³-hybridized carbons (Fsp3) is 0.792. The highest BCUT2D eigenvalue weighted by Crippen LogP contribution is 2.45. The van der Waals surface area contributed by atoms with E-state index >= 15 is 0 Å². The number of halogens is 3. The standard InChI is InChI=1S/C24H35F3N4O3/c1-4-15(2)5-6-17-11-18(17)13-30-14-28-20-19(30)21(32)31(22(33)29(20)3)12-16-7-9-23(34,10-8-16)24(25,26)27/h14-18,34H,4-13H2,1-3H3/t15-,16?,17?,18?,23?/m1/s1. The summed E-state index contributed by atoms with van der Waals surface area (Å²) in [5, 5.41) is 9.92. The summed E-state index contributed by atoms with van der Waals surface area (Å²) in [7, 11) is 1.56. The van der Waals surface area contributed by atoms with Crippen LogP contribution in [0.25, 0.3) is 11.2 Å². The first kappa shape index (κ1) is 25.0. The molecule has 7 nitrogen and oxygen atoms in total. The number of rotatable bonds is 8. The Morgan fingerprint density at radius 3 is 2.50 bits per heavy atom. The largest absolute Gasteiger partial charge is 0.417 e. The van der Waals surface area contributed by atoms with Gasteiger partial charge in [-0.1, -0.05) is 26.7 Å². The number of alkyl halides is 3. The molecule has 0 amide bonds. The Balaban J connectivity index is 1.51. The zero-order valence-electron chi connectivity index (χ0n) is 20.1. The molecule has 0 aromatic carbocycles. The van der Waals surface area contributed by atoms with Gasteiger partial charge in [-0.15, -0.1) is 0 Å². The maximum Gasteiger partial charge on any atom is 0.417 e. The van der Waals surface area contributed by atoms with E-state index in [0.717, 1.165) is 11.0 Å². The monoisotopic (exact) mass is 484 g/mol. The normalized spacial score (nSPS) is 28.4. The fourth-order valence-electron chi connectivity index (χ4n) is 5.34. The van der Waals surface area contributed by atoms with E-state index in [9.17, 15) is 27.9 Å². The van der Waals surface area contributed by atoms with Crippen LogP contribution in [0.2, 0.25) is 0 Å². The van der Waals surface area contributed by atoms with Crippen LogP contribution in [-0.4, -0.2) is 35.6 Å². The van der Waals surface area contributed by atoms with Gasteiger partial charge in [-0.25, -0.2) is 9.78 Å². The van der Waals surface area contributed by atoms with Crippen LogP contribution in [0, 0.1) is 23.7 Å². The SMILES string of the molecule is CC[C@@H](C)CCC1CC1Cn1cnc2c1c(=O)n(CC1CCC(O)(C(F)(F)F)CC1)c(=O)n2C. The van der Waals surface area contributed by atoms with Gasteiger partial charge >= 0.3 is 11.9 Å². The van der Waals surface area contributed by atoms with Crippen molar-refractivity contribution in [1.29, 1.82) is 0 Å². The summed E-state index contributed by atoms with van der Waals surface area (Å²) in [6.07, 6.45) is 0.983. The molecular weight excluding hydrogens is 449 g/mol. The molecule has 0 spiro atoms. The second-order valence-electron chi connectivity index (χ2n) is 10.6. The van der Waals surface area contributed by atoms with Crippen molar-refractivity contribution in [2.75, 3.05) is 0 Å². The maximum absolute atomic E-state index is 13.3. The van der Waals surface area contributed by atoms with Crippen molar-refractivity contribution in [3.05, 3.63) is 27.2 Å². The number of aliphatic hydroxyl groups is 1. The molecule has 2 aromatic rings. The minimum absolute atomic E-state index is 0.0432. The Hall–Kier alpha value is -2.10. The van der Waals surface area contributed by atoms with Gasteiger partial charge < -0.3 is 9.67 Å². The van der Waals surface area contributed by atoms with Crippen LogP contribution in [0.3, 0.4) is 0 Å². The first-order chi connectivity index (χ1) is 15.9. The van der Waals surface area contributed by atoms with E-state index in [1.807, 2.05) is 4.57 Å². The molecule has 4 rings (SSSR count). The molecule has 190 valence electrons. The van der Waals surface area contributed by atoms with Gasteiger partial charge in [0.15, 0.2) is 16.8 Å². The zero-order valence-corrected chi connectivity index (χ0v) is 20.1. The third-order valence-corrected chi connectivity index (χ3v) is 8.23. The van der Waals surface area contributed by atoms with Gasteiger partial charge in [0.2, 0.25) is 0 Å². The molecule has 2 saturated carbocycles. The number of hydrogen-bond acceptors (Lipinski definition) is 4. The predicted molar refractivity (Wildman–Crippen MR) is 122 cm³/mol. The summed E-state index contributed by atoms with van der Waals surface area (Å²) in [5.41, 5.74) is -2.94. The van der Waals surface area contributed by atoms with Crippen molar-refractivity contribution in [1.82, 2.24) is 18.7 Å². The molecule has 2 fully saturated rings. The molecule has 10 heteroatoms. The van der Waals surface area contributed by atoms with Crippen LogP contribution in [0.15, 0.2) is 15.9 Å². The topological polar surface area (TPSA) is 82.1 Å². The molecule has 2 aromatic heterocycles. The van der Waals surface area contributed by atoms with Gasteiger partial charge in [-0.05, 0) is 62.2 Å². The molecule has 1 N–H and O–H groups in total. The Kier molecular flexibility index (Phi) is 6.74. The molecule has 0 saturated heterocycles. The minimum Gasteiger partial charge on any atom is -0.380 e. The van der Waals surface area contributed by atoms with Gasteiger partial charge in [-0.2, -0.15) is 13.2 Å². The van der Waals surface area contributed by atoms with E-state index in [1.54, 1.807) is 13.4 Å². The highest BCUT2D eigenvalue weighted by molar-refractivity contribution is 5.70. The maximum atomic E-state index is 13.3. The van der Waals surface area contributed by atoms with Crippen molar-refractivity contribution in [3.8, 4) is 0 Å². The Morgan fingerprint density at radius 2 is 1.88 bits per heavy atom. The lowest BCUT2D eigenvalue weighted by atomic mass is 9.78. The van der Waals surface area contributed by atoms with Crippen molar-refractivity contribution in [2.45, 2.75) is 90.1 Å². The molecule has 2 unspecified atom stereocenters. The van der Waals surface area contributed by atoms with Crippen LogP contribution in [-0.2, 0) is 20.1 Å². The number of aryl methyl sites for hydroxylation is 1. The third kappa shape index (κ3) is 4.70. The second-order valence-corrected chi connectivity index (χ2v) is 10.6. The quantitative estimate of drug-likeness (QED) is 0.617. The highest BCUT2D eigenvalue weighted by Gasteiger charge is 2.54. The van der Waals surface area contributed by atoms with Crippen LogP contribution in [0.5, 0.6) is 0 Å². The fourth-order valence-corrected chi connectivity index (χ4v) is 5.34. The molecule has 0 radical (unpaired) electrons. The van der Waals surface area contributed by atoms with E-state index in [-0.39, 0.29) is 25.3 Å². The van der Waals surface area contributed by atoms with Crippen LogP contribution in [0.4, 0.5) is 13.2 Å². The first-order valence-corrected chi connectivity index (χ1v) is 12.4. The van der Waals surface area contributed by atoms with Gasteiger partial charge in [-0.3, -0.25) is 13.9 Å². The summed E-state index contributed by atoms with van der Waals surface area (Å²) >= 11 is 0. The Bertz CT molecular complexity index is 1140. The molecule has 0 bridgehead atoms. The second kappa shape index (κ2) is 9.17. The molecule has 3 atom stereocenters. The van der Waals surface area contributed by atoms with E-state index in [2.05, 4.69) is 18.8 Å². The van der Waals surface area contributed by atoms with Crippen molar-refractivity contribution < 1.29 is 18.3 Å². The smallest absolute Gasteiger partial charge is 0.380 e. The lowest BCUT2D eigenvalue weighted by Crippen LogP contribution is -2.49. The number of aromatic nitrogens is 4. The van der Waals surface area contributed by atoms with Gasteiger partial charge in [0.1, 0.15) is 0 Å². The highest BCUT2D eigenvalue weighted by atomic mass is 19.4. The van der Waals surface area contributed by atoms with Crippen molar-refractivity contribution in [3.63, 3.8) is 0 Å². The lowest BCUT2D eigenvalue weighted by molar-refractivity contribution is -0.272. The number of fused-ring (bicyclic) bond motifs is 1. The van der Waals surface area contributed by atoms with Gasteiger partial charge in [0.05, 0.1) is 6.33 Å². The van der Waals surface area contributed by atoms with Crippen LogP contribution in [0.1, 0.15) is 65.2 Å². The van der Waals surface area contributed by atoms with Crippen molar-refractivity contribution in [2.24, 2.45) is 30.7 Å². The summed E-state index contributed by atoms with van der Waals surface area (Å²) in [5.74, 6) is 1.57. The minimum atomic E-state index is -4.67. The summed E-state index contributed by atoms with van der Waals surface area (Å²) in [4.78, 5) is 30.5. The number of imidazole rings is 1. The van der Waals surface area contributed by atoms with Crippen molar-refractivity contribution >= 4 is 11.2 Å².